The third-order valence-electron chi connectivity index (χ3n) is 15.0. The number of aliphatic hydroxyl groups excluding tert-OH is 1. The minimum absolute atomic E-state index is 0.0000508. The van der Waals surface area contributed by atoms with Crippen molar-refractivity contribution < 1.29 is 62.7 Å². The molecule has 2 fully saturated rings. The Labute approximate surface area is 447 Å². The predicted molar refractivity (Wildman–Crippen MR) is 285 cm³/mol. The number of aliphatic hydroxyl groups is 1. The summed E-state index contributed by atoms with van der Waals surface area (Å²) in [6.07, 6.45) is 5.21. The van der Waals surface area contributed by atoms with E-state index in [1.165, 1.54) is 20.1 Å². The van der Waals surface area contributed by atoms with Crippen LogP contribution in [0.25, 0.3) is 5.57 Å². The highest BCUT2D eigenvalue weighted by Gasteiger charge is 2.58. The summed E-state index contributed by atoms with van der Waals surface area (Å²) in [6, 6.07) is 17.9. The van der Waals surface area contributed by atoms with Gasteiger partial charge in [0.1, 0.15) is 36.8 Å². The minimum atomic E-state index is -1.42. The molecule has 1 saturated carbocycles. The van der Waals surface area contributed by atoms with Gasteiger partial charge in [0.25, 0.3) is 11.8 Å². The molecule has 4 aromatic carbocycles. The van der Waals surface area contributed by atoms with Crippen LogP contribution in [0.1, 0.15) is 102 Å². The van der Waals surface area contributed by atoms with E-state index in [4.69, 9.17) is 23.7 Å². The predicted octanol–water partition coefficient (Wildman–Crippen LogP) is 7.61. The van der Waals surface area contributed by atoms with Crippen molar-refractivity contribution >= 4 is 52.8 Å². The van der Waals surface area contributed by atoms with E-state index in [9.17, 15) is 39.0 Å². The molecule has 1 aliphatic carbocycles. The summed E-state index contributed by atoms with van der Waals surface area (Å²) in [4.78, 5) is 85.4. The number of phenols is 1. The monoisotopic (exact) mass is 1050 g/mol. The summed E-state index contributed by atoms with van der Waals surface area (Å²) in [5.41, 5.74) is 5.38. The number of fused-ring (bicyclic) bond motifs is 4. The van der Waals surface area contributed by atoms with Crippen LogP contribution >= 0.6 is 0 Å². The number of aromatic hydroxyl groups is 1. The van der Waals surface area contributed by atoms with Crippen LogP contribution in [0.3, 0.4) is 0 Å². The fraction of sp³-hybridized carbons (Fsp3) is 0.414. The molecule has 19 nitrogen and oxygen atoms in total. The zero-order valence-electron chi connectivity index (χ0n) is 44.0. The second-order valence-corrected chi connectivity index (χ2v) is 20.9. The first-order valence-electron chi connectivity index (χ1n) is 26.1. The summed E-state index contributed by atoms with van der Waals surface area (Å²) in [5.74, 6) is -0.253. The van der Waals surface area contributed by atoms with Crippen molar-refractivity contribution in [2.75, 3.05) is 43.7 Å². The Kier molecular flexibility index (Phi) is 15.8. The van der Waals surface area contributed by atoms with E-state index in [2.05, 4.69) is 22.5 Å². The number of phenolic OH excluding ortho intramolecular Hbond substituents is 1. The summed E-state index contributed by atoms with van der Waals surface area (Å²) in [7, 11) is 1.53. The van der Waals surface area contributed by atoms with Gasteiger partial charge in [-0.3, -0.25) is 19.2 Å². The highest BCUT2D eigenvalue weighted by molar-refractivity contribution is 6.06. The van der Waals surface area contributed by atoms with Gasteiger partial charge in [0.05, 0.1) is 37.6 Å². The smallest absolute Gasteiger partial charge is 0.416 e. The first kappa shape index (κ1) is 53.8. The average molecular weight is 1060 g/mol. The zero-order chi connectivity index (χ0) is 54.7. The molecule has 6 amide bonds. The Hall–Kier alpha value is -8.06. The second-order valence-electron chi connectivity index (χ2n) is 20.9. The topological polar surface area (TPSA) is 235 Å². The number of amides is 6. The van der Waals surface area contributed by atoms with Crippen molar-refractivity contribution in [1.82, 2.24) is 20.4 Å². The van der Waals surface area contributed by atoms with Crippen molar-refractivity contribution in [1.29, 1.82) is 0 Å². The Morgan fingerprint density at radius 1 is 0.870 bits per heavy atom. The molecule has 5 atom stereocenters. The van der Waals surface area contributed by atoms with Crippen LogP contribution in [-0.2, 0) is 32.1 Å². The molecule has 406 valence electrons. The molecule has 4 aliphatic heterocycles. The molecule has 5 N–H and O–H groups in total. The molecule has 77 heavy (non-hydrogen) atoms. The summed E-state index contributed by atoms with van der Waals surface area (Å²) >= 11 is 0. The SMILES string of the molecule is C=CCOC(=O)N[C@H](C(=O)N[C@@H](C)C(=O)Nc1ccc(COC(=O)N2c3cc(OCCCOc4cc5c(cc4OC)C(=O)N4C=C(c6ccc(O)cc6)C[C@H]4CC5)c(C)cc3C(=O)N3CC4(CC4)C[C@H]3C2O)cc1)C(C)C. The van der Waals surface area contributed by atoms with E-state index in [0.29, 0.717) is 71.9 Å². The van der Waals surface area contributed by atoms with Crippen molar-refractivity contribution in [3.63, 3.8) is 0 Å². The Morgan fingerprint density at radius 2 is 1.60 bits per heavy atom. The maximum absolute atomic E-state index is 14.3. The van der Waals surface area contributed by atoms with Gasteiger partial charge in [-0.2, -0.15) is 0 Å². The van der Waals surface area contributed by atoms with Gasteiger partial charge < -0.3 is 59.6 Å². The fourth-order valence-corrected chi connectivity index (χ4v) is 10.5. The molecular formula is C58H66N6O13. The Balaban J connectivity index is 0.827. The van der Waals surface area contributed by atoms with Crippen LogP contribution in [0.2, 0.25) is 0 Å². The van der Waals surface area contributed by atoms with Gasteiger partial charge >= 0.3 is 12.2 Å². The number of benzene rings is 4. The van der Waals surface area contributed by atoms with Gasteiger partial charge in [-0.05, 0) is 134 Å². The van der Waals surface area contributed by atoms with Gasteiger partial charge in [0.2, 0.25) is 11.8 Å². The van der Waals surface area contributed by atoms with E-state index in [1.807, 2.05) is 31.3 Å². The van der Waals surface area contributed by atoms with Gasteiger partial charge in [0.15, 0.2) is 17.7 Å². The zero-order valence-corrected chi connectivity index (χ0v) is 44.0. The van der Waals surface area contributed by atoms with Gasteiger partial charge in [0, 0.05) is 42.5 Å². The van der Waals surface area contributed by atoms with Crippen LogP contribution in [-0.4, -0.2) is 120 Å². The molecular weight excluding hydrogens is 989 g/mol. The van der Waals surface area contributed by atoms with Gasteiger partial charge in [-0.15, -0.1) is 0 Å². The number of hydrogen-bond acceptors (Lipinski definition) is 13. The number of ether oxygens (including phenoxy) is 5. The third-order valence-corrected chi connectivity index (χ3v) is 15.0. The second kappa shape index (κ2) is 22.6. The first-order chi connectivity index (χ1) is 37.0. The number of alkyl carbamates (subject to hydrolysis) is 1. The van der Waals surface area contributed by atoms with E-state index in [-0.39, 0.29) is 72.6 Å². The largest absolute Gasteiger partial charge is 0.508 e. The molecule has 9 rings (SSSR count). The number of aryl methyl sites for hydroxylation is 2. The molecule has 4 aromatic rings. The molecule has 19 heteroatoms. The molecule has 0 radical (unpaired) electrons. The minimum Gasteiger partial charge on any atom is -0.508 e. The van der Waals surface area contributed by atoms with E-state index < -0.39 is 48.4 Å². The maximum atomic E-state index is 14.3. The fourth-order valence-electron chi connectivity index (χ4n) is 10.5. The van der Waals surface area contributed by atoms with Crippen LogP contribution < -0.4 is 35.1 Å². The summed E-state index contributed by atoms with van der Waals surface area (Å²) in [6.45, 7) is 11.0. The van der Waals surface area contributed by atoms with Gasteiger partial charge in [-0.1, -0.05) is 50.8 Å². The lowest BCUT2D eigenvalue weighted by atomic mass is 9.97. The average Bonchev–Trinajstić information content (AvgIpc) is 4.16. The van der Waals surface area contributed by atoms with Crippen molar-refractivity contribution in [2.45, 2.75) is 110 Å². The summed E-state index contributed by atoms with van der Waals surface area (Å²) in [5, 5.41) is 29.7. The molecule has 4 heterocycles. The van der Waals surface area contributed by atoms with Crippen molar-refractivity contribution in [3.05, 3.63) is 125 Å². The number of methoxy groups -OCH3 is 1. The third kappa shape index (κ3) is 11.7. The molecule has 1 saturated heterocycles. The molecule has 5 aliphatic rings. The number of anilines is 2. The highest BCUT2D eigenvalue weighted by Crippen LogP contribution is 2.57. The number of carbonyl (C=O) groups is 6. The Morgan fingerprint density at radius 3 is 2.29 bits per heavy atom. The maximum Gasteiger partial charge on any atom is 0.416 e. The quantitative estimate of drug-likeness (QED) is 0.0478. The standard InChI is InChI=1S/C58H66N6O13/c1-7-21-76-56(71)61-50(33(2)3)52(67)59-35(5)51(66)60-40-14-9-36(10-15-40)31-77-57(72)64-45-28-47(34(4)24-44(45)54(69)63-32-58(19-20-58)29-46(63)55(64)70)74-22-8-23-75-49-26-38-11-16-41-25-39(37-12-17-42(65)18-13-37)30-62(41)53(68)43(38)27-48(49)73-6/h7,9-10,12-15,17-18,24,26-28,30,33,35,41,46,50,55,65,70H,1,8,11,16,19-23,25,29,31-32H2,2-6H3,(H,59,67)(H,60,66)(H,61,71)/t35-,41+,46-,50-,55?/m0/s1. The molecule has 0 aromatic heterocycles. The number of nitrogens with one attached hydrogen (secondary N) is 3. The molecule has 1 spiro atoms. The lowest BCUT2D eigenvalue weighted by molar-refractivity contribution is -0.128. The number of rotatable bonds is 18. The Bertz CT molecular complexity index is 2970. The van der Waals surface area contributed by atoms with E-state index in [0.717, 1.165) is 40.9 Å². The number of nitrogens with zero attached hydrogens (tertiary/aromatic N) is 3. The normalized spacial score (nSPS) is 19.5. The number of carbonyl (C=O) groups excluding carboxylic acids is 6. The van der Waals surface area contributed by atoms with Crippen LogP contribution in [0.4, 0.5) is 21.0 Å². The first-order valence-corrected chi connectivity index (χ1v) is 26.1. The van der Waals surface area contributed by atoms with Crippen molar-refractivity contribution in [2.24, 2.45) is 11.3 Å². The van der Waals surface area contributed by atoms with Gasteiger partial charge in [-0.25, -0.2) is 14.5 Å². The lowest BCUT2D eigenvalue weighted by Crippen LogP contribution is -2.53. The number of hydrogen-bond donors (Lipinski definition) is 5. The van der Waals surface area contributed by atoms with Crippen LogP contribution in [0, 0.1) is 18.3 Å². The molecule has 0 bridgehead atoms. The van der Waals surface area contributed by atoms with E-state index in [1.54, 1.807) is 78.2 Å². The highest BCUT2D eigenvalue weighted by atomic mass is 16.6. The lowest BCUT2D eigenvalue weighted by Gasteiger charge is -2.31. The van der Waals surface area contributed by atoms with E-state index >= 15 is 0 Å². The van der Waals surface area contributed by atoms with Crippen LogP contribution in [0.5, 0.6) is 23.0 Å². The van der Waals surface area contributed by atoms with Crippen molar-refractivity contribution in [3.8, 4) is 23.0 Å². The summed E-state index contributed by atoms with van der Waals surface area (Å²) < 4.78 is 29.0. The molecule has 1 unspecified atom stereocenters. The van der Waals surface area contributed by atoms with Crippen LogP contribution in [0.15, 0.2) is 91.7 Å².